The summed E-state index contributed by atoms with van der Waals surface area (Å²) >= 11 is 0. The van der Waals surface area contributed by atoms with Crippen molar-refractivity contribution in [1.82, 2.24) is 26.2 Å². The van der Waals surface area contributed by atoms with Crippen molar-refractivity contribution in [3.05, 3.63) is 82.4 Å². The molecule has 3 aromatic carbocycles. The van der Waals surface area contributed by atoms with Crippen LogP contribution in [-0.2, 0) is 32.0 Å². The van der Waals surface area contributed by atoms with E-state index in [4.69, 9.17) is 26.2 Å². The van der Waals surface area contributed by atoms with Gasteiger partial charge in [0.25, 0.3) is 5.91 Å². The van der Waals surface area contributed by atoms with Crippen LogP contribution in [0.25, 0.3) is 11.1 Å². The molecule has 0 spiro atoms. The molecule has 0 aromatic heterocycles. The number of aryl methyl sites for hydroxylation is 1. The van der Waals surface area contributed by atoms with Gasteiger partial charge in [0.1, 0.15) is 49.4 Å². The maximum Gasteiger partial charge on any atom is 0.251 e. The molecular weight excluding hydrogens is 716 g/mol. The minimum atomic E-state index is -1.30. The van der Waals surface area contributed by atoms with Crippen molar-refractivity contribution in [2.45, 2.75) is 58.7 Å². The van der Waals surface area contributed by atoms with Crippen LogP contribution >= 0.6 is 0 Å². The van der Waals surface area contributed by atoms with E-state index in [9.17, 15) is 24.0 Å². The number of nitrogens with two attached hydrogens (primary N) is 2. The molecule has 15 heteroatoms. The number of hydrogen-bond donors (Lipinski definition) is 6. The van der Waals surface area contributed by atoms with Crippen LogP contribution in [0.4, 0.5) is 0 Å². The fourth-order valence-corrected chi connectivity index (χ4v) is 6.43. The number of amides is 5. The van der Waals surface area contributed by atoms with E-state index in [0.717, 1.165) is 17.5 Å². The molecule has 0 saturated carbocycles. The Morgan fingerprint density at radius 1 is 0.929 bits per heavy atom. The SMILES string of the molecule is Cc1cc(CC(C)C)ccc1C(=O)NCC(=O)N(C)C1C(=O)N[C@@H](C)C(=O)NC(C(=O)NCC#N)Cc2ccc(OCCN)c(c2)-c2cc1ccc2OCCN. The van der Waals surface area contributed by atoms with Gasteiger partial charge >= 0.3 is 0 Å². The van der Waals surface area contributed by atoms with Crippen LogP contribution in [0.5, 0.6) is 11.5 Å². The summed E-state index contributed by atoms with van der Waals surface area (Å²) in [4.78, 5) is 69.2. The fourth-order valence-electron chi connectivity index (χ4n) is 6.43. The molecular formula is C41H52N8O7. The summed E-state index contributed by atoms with van der Waals surface area (Å²) in [7, 11) is 1.43. The molecule has 1 aliphatic heterocycles. The van der Waals surface area contributed by atoms with E-state index in [0.29, 0.717) is 45.2 Å². The first-order valence-electron chi connectivity index (χ1n) is 18.6. The Morgan fingerprint density at radius 2 is 1.59 bits per heavy atom. The number of carbonyl (C=O) groups is 5. The van der Waals surface area contributed by atoms with E-state index in [-0.39, 0.29) is 39.3 Å². The summed E-state index contributed by atoms with van der Waals surface area (Å²) in [6.45, 7) is 7.59. The molecule has 0 saturated heterocycles. The van der Waals surface area contributed by atoms with Crippen molar-refractivity contribution in [3.8, 4) is 28.7 Å². The predicted molar refractivity (Wildman–Crippen MR) is 210 cm³/mol. The number of nitrogens with zero attached hydrogens (tertiary/aromatic N) is 2. The summed E-state index contributed by atoms with van der Waals surface area (Å²) in [5.41, 5.74) is 15.9. The molecule has 1 aliphatic rings. The Morgan fingerprint density at radius 3 is 2.21 bits per heavy atom. The Kier molecular flexibility index (Phi) is 15.3. The average Bonchev–Trinajstić information content (AvgIpc) is 3.16. The molecule has 4 rings (SSSR count). The molecule has 56 heavy (non-hydrogen) atoms. The van der Waals surface area contributed by atoms with Gasteiger partial charge in [-0.25, -0.2) is 0 Å². The minimum Gasteiger partial charge on any atom is -0.492 e. The predicted octanol–water partition coefficient (Wildman–Crippen LogP) is 1.65. The molecule has 0 radical (unpaired) electrons. The van der Waals surface area contributed by atoms with Crippen molar-refractivity contribution in [3.63, 3.8) is 0 Å². The van der Waals surface area contributed by atoms with Crippen LogP contribution in [0.15, 0.2) is 54.6 Å². The average molecular weight is 769 g/mol. The lowest BCUT2D eigenvalue weighted by Crippen LogP contribution is -2.55. The highest BCUT2D eigenvalue weighted by atomic mass is 16.5. The summed E-state index contributed by atoms with van der Waals surface area (Å²) in [5.74, 6) is -1.73. The van der Waals surface area contributed by atoms with Crippen LogP contribution in [0, 0.1) is 24.2 Å². The van der Waals surface area contributed by atoms with Crippen molar-refractivity contribution in [2.24, 2.45) is 17.4 Å². The Labute approximate surface area is 327 Å². The quantitative estimate of drug-likeness (QED) is 0.130. The number of ether oxygens (including phenoxy) is 2. The van der Waals surface area contributed by atoms with E-state index in [1.807, 2.05) is 25.1 Å². The number of hydrogen-bond acceptors (Lipinski definition) is 10. The first-order chi connectivity index (χ1) is 26.8. The second-order valence-corrected chi connectivity index (χ2v) is 14.1. The van der Waals surface area contributed by atoms with Crippen molar-refractivity contribution in [1.29, 1.82) is 5.26 Å². The lowest BCUT2D eigenvalue weighted by molar-refractivity contribution is -0.139. The molecule has 298 valence electrons. The van der Waals surface area contributed by atoms with Crippen LogP contribution in [0.1, 0.15) is 59.4 Å². The van der Waals surface area contributed by atoms with Crippen LogP contribution in [0.2, 0.25) is 0 Å². The summed E-state index contributed by atoms with van der Waals surface area (Å²) in [5, 5.41) is 19.7. The Hall–Kier alpha value is -5.98. The Balaban J connectivity index is 1.78. The number of rotatable bonds is 14. The largest absolute Gasteiger partial charge is 0.492 e. The number of benzene rings is 3. The van der Waals surface area contributed by atoms with Gasteiger partial charge in [0.15, 0.2) is 0 Å². The highest BCUT2D eigenvalue weighted by molar-refractivity contribution is 5.99. The van der Waals surface area contributed by atoms with Gasteiger partial charge in [-0.2, -0.15) is 5.26 Å². The zero-order valence-corrected chi connectivity index (χ0v) is 32.6. The first kappa shape index (κ1) is 42.8. The summed E-state index contributed by atoms with van der Waals surface area (Å²) < 4.78 is 12.1. The highest BCUT2D eigenvalue weighted by Crippen LogP contribution is 2.40. The van der Waals surface area contributed by atoms with Gasteiger partial charge in [0.05, 0.1) is 12.6 Å². The number of fused-ring (bicyclic) bond motifs is 5. The van der Waals surface area contributed by atoms with Gasteiger partial charge in [-0.3, -0.25) is 24.0 Å². The first-order valence-corrected chi connectivity index (χ1v) is 18.6. The Bertz CT molecular complexity index is 1960. The van der Waals surface area contributed by atoms with Gasteiger partial charge in [0, 0.05) is 43.2 Å². The smallest absolute Gasteiger partial charge is 0.251 e. The van der Waals surface area contributed by atoms with Gasteiger partial charge in [-0.1, -0.05) is 38.1 Å². The molecule has 1 heterocycles. The fraction of sp³-hybridized carbons (Fsp3) is 0.415. The van der Waals surface area contributed by atoms with E-state index in [1.165, 1.54) is 18.9 Å². The molecule has 0 aliphatic carbocycles. The molecule has 3 atom stereocenters. The minimum absolute atomic E-state index is 0.0275. The number of carbonyl (C=O) groups excluding carboxylic acids is 5. The van der Waals surface area contributed by atoms with Gasteiger partial charge < -0.3 is 47.1 Å². The topological polar surface area (TPSA) is 231 Å². The second kappa shape index (κ2) is 20.1. The standard InChI is InChI=1S/C41H52N8O7/c1-24(2)18-27-6-9-30(25(3)19-27)39(52)46-23-36(50)49(5)37-29-8-11-35(56-17-14-44)32(22-29)31-20-28(7-10-34(31)55-16-13-43)21-33(40(53)45-15-12-42)48-38(51)26(4)47-41(37)54/h6-11,19-20,22,24,26,33,37H,13-18,21,23,43-44H2,1-5H3,(H,45,53)(H,46,52)(H,47,54)(H,48,51)/t26-,33?,37?/m0/s1. The maximum absolute atomic E-state index is 14.2. The van der Waals surface area contributed by atoms with Crippen molar-refractivity contribution >= 4 is 29.5 Å². The van der Waals surface area contributed by atoms with Crippen LogP contribution in [-0.4, -0.2) is 93.0 Å². The number of nitrogens with one attached hydrogen (secondary N) is 4. The normalized spacial score (nSPS) is 16.7. The summed E-state index contributed by atoms with van der Waals surface area (Å²) in [6.07, 6.45) is 0.892. The monoisotopic (exact) mass is 768 g/mol. The molecule has 4 bridgehead atoms. The molecule has 0 fully saturated rings. The lowest BCUT2D eigenvalue weighted by atomic mass is 9.93. The van der Waals surface area contributed by atoms with Crippen molar-refractivity contribution in [2.75, 3.05) is 46.4 Å². The van der Waals surface area contributed by atoms with Gasteiger partial charge in [0.2, 0.25) is 23.6 Å². The van der Waals surface area contributed by atoms with E-state index in [2.05, 4.69) is 35.1 Å². The number of nitriles is 1. The van der Waals surface area contributed by atoms with Crippen LogP contribution < -0.4 is 42.2 Å². The molecule has 15 nitrogen and oxygen atoms in total. The highest BCUT2D eigenvalue weighted by Gasteiger charge is 2.33. The van der Waals surface area contributed by atoms with Crippen LogP contribution in [0.3, 0.4) is 0 Å². The van der Waals surface area contributed by atoms with Crippen molar-refractivity contribution < 1.29 is 33.4 Å². The third-order valence-electron chi connectivity index (χ3n) is 9.18. The van der Waals surface area contributed by atoms with Gasteiger partial charge in [-0.15, -0.1) is 0 Å². The van der Waals surface area contributed by atoms with E-state index in [1.54, 1.807) is 42.5 Å². The maximum atomic E-state index is 14.2. The third-order valence-corrected chi connectivity index (χ3v) is 9.18. The molecule has 8 N–H and O–H groups in total. The molecule has 5 amide bonds. The van der Waals surface area contributed by atoms with Gasteiger partial charge in [-0.05, 0) is 78.8 Å². The summed E-state index contributed by atoms with van der Waals surface area (Å²) in [6, 6.07) is 14.1. The second-order valence-electron chi connectivity index (χ2n) is 14.1. The lowest BCUT2D eigenvalue weighted by Gasteiger charge is -2.30. The molecule has 2 unspecified atom stereocenters. The zero-order chi connectivity index (χ0) is 40.9. The zero-order valence-electron chi connectivity index (χ0n) is 32.6. The number of likely N-dealkylation sites (N-methyl/N-ethyl adjacent to an activating group) is 1. The molecule has 3 aromatic rings. The third kappa shape index (κ3) is 11.0. The van der Waals surface area contributed by atoms with E-state index >= 15 is 0 Å². The van der Waals surface area contributed by atoms with E-state index < -0.39 is 54.2 Å².